The van der Waals surface area contributed by atoms with Crippen LogP contribution in [-0.4, -0.2) is 30.2 Å². The monoisotopic (exact) mass is 366 g/mol. The predicted molar refractivity (Wildman–Crippen MR) is 106 cm³/mol. The van der Waals surface area contributed by atoms with Crippen molar-refractivity contribution in [2.24, 2.45) is 0 Å². The quantitative estimate of drug-likeness (QED) is 0.552. The lowest BCUT2D eigenvalue weighted by Crippen LogP contribution is -2.10. The Morgan fingerprint density at radius 2 is 1.74 bits per heavy atom. The Bertz CT molecular complexity index is 858. The van der Waals surface area contributed by atoms with Crippen LogP contribution in [0.2, 0.25) is 0 Å². The van der Waals surface area contributed by atoms with Gasteiger partial charge in [-0.2, -0.15) is 4.98 Å². The molecule has 5 nitrogen and oxygen atoms in total. The van der Waals surface area contributed by atoms with Gasteiger partial charge < -0.3 is 15.4 Å². The molecule has 0 unspecified atom stereocenters. The van der Waals surface area contributed by atoms with E-state index in [0.29, 0.717) is 24.7 Å². The summed E-state index contributed by atoms with van der Waals surface area (Å²) >= 11 is 0. The van der Waals surface area contributed by atoms with Crippen LogP contribution in [0.15, 0.2) is 60.7 Å². The fraction of sp³-hybridized carbons (Fsp3) is 0.238. The Morgan fingerprint density at radius 1 is 0.963 bits per heavy atom. The molecular formula is C21H23FN4O. The number of halogens is 1. The molecule has 0 aliphatic carbocycles. The normalized spacial score (nSPS) is 10.6. The highest BCUT2D eigenvalue weighted by molar-refractivity contribution is 5.64. The van der Waals surface area contributed by atoms with Crippen LogP contribution >= 0.6 is 0 Å². The standard InChI is InChI=1S/C21H23FN4O/c1-27-13-7-12-23-20-14-19(16-8-3-2-4-9-16)25-21(26-20)24-15-17-10-5-6-11-18(17)22/h2-6,8-11,14H,7,12-13,15H2,1H3,(H2,23,24,25,26). The molecule has 27 heavy (non-hydrogen) atoms. The highest BCUT2D eigenvalue weighted by Crippen LogP contribution is 2.21. The van der Waals surface area contributed by atoms with Crippen LogP contribution in [0.5, 0.6) is 0 Å². The largest absolute Gasteiger partial charge is 0.385 e. The number of rotatable bonds is 9. The molecule has 3 aromatic rings. The van der Waals surface area contributed by atoms with Crippen LogP contribution in [-0.2, 0) is 11.3 Å². The lowest BCUT2D eigenvalue weighted by molar-refractivity contribution is 0.198. The van der Waals surface area contributed by atoms with Gasteiger partial charge in [0.1, 0.15) is 11.6 Å². The van der Waals surface area contributed by atoms with Crippen LogP contribution < -0.4 is 10.6 Å². The van der Waals surface area contributed by atoms with Gasteiger partial charge in [-0.05, 0) is 12.5 Å². The summed E-state index contributed by atoms with van der Waals surface area (Å²) in [5.74, 6) is 0.923. The lowest BCUT2D eigenvalue weighted by Gasteiger charge is -2.12. The maximum Gasteiger partial charge on any atom is 0.225 e. The lowest BCUT2D eigenvalue weighted by atomic mass is 10.1. The SMILES string of the molecule is COCCCNc1cc(-c2ccccc2)nc(NCc2ccccc2F)n1. The predicted octanol–water partition coefficient (Wildman–Crippen LogP) is 4.34. The molecule has 0 aliphatic rings. The first-order valence-corrected chi connectivity index (χ1v) is 8.91. The van der Waals surface area contributed by atoms with Crippen molar-refractivity contribution in [2.45, 2.75) is 13.0 Å². The number of benzene rings is 2. The molecule has 3 rings (SSSR count). The molecule has 6 heteroatoms. The van der Waals surface area contributed by atoms with E-state index in [9.17, 15) is 4.39 Å². The van der Waals surface area contributed by atoms with Gasteiger partial charge in [0.15, 0.2) is 0 Å². The average molecular weight is 366 g/mol. The summed E-state index contributed by atoms with van der Waals surface area (Å²) in [4.78, 5) is 9.09. The molecule has 2 N–H and O–H groups in total. The second-order valence-electron chi connectivity index (χ2n) is 6.05. The molecule has 0 bridgehead atoms. The fourth-order valence-electron chi connectivity index (χ4n) is 2.62. The summed E-state index contributed by atoms with van der Waals surface area (Å²) < 4.78 is 18.9. The summed E-state index contributed by atoms with van der Waals surface area (Å²) in [5, 5.41) is 6.42. The maximum atomic E-state index is 13.8. The van der Waals surface area contributed by atoms with Gasteiger partial charge >= 0.3 is 0 Å². The first-order valence-electron chi connectivity index (χ1n) is 8.91. The number of aromatic nitrogens is 2. The Hall–Kier alpha value is -2.99. The van der Waals surface area contributed by atoms with Gasteiger partial charge in [0.25, 0.3) is 0 Å². The van der Waals surface area contributed by atoms with Crippen molar-refractivity contribution in [1.82, 2.24) is 9.97 Å². The molecule has 0 amide bonds. The van der Waals surface area contributed by atoms with Crippen LogP contribution in [0.1, 0.15) is 12.0 Å². The van der Waals surface area contributed by atoms with Gasteiger partial charge in [0, 0.05) is 44.0 Å². The van der Waals surface area contributed by atoms with Crippen molar-refractivity contribution in [3.05, 3.63) is 72.0 Å². The maximum absolute atomic E-state index is 13.8. The van der Waals surface area contributed by atoms with Gasteiger partial charge in [-0.3, -0.25) is 0 Å². The third-order valence-electron chi connectivity index (χ3n) is 4.02. The number of methoxy groups -OCH3 is 1. The molecular weight excluding hydrogens is 343 g/mol. The summed E-state index contributed by atoms with van der Waals surface area (Å²) in [6.45, 7) is 1.74. The number of nitrogens with one attached hydrogen (secondary N) is 2. The van der Waals surface area contributed by atoms with Crippen molar-refractivity contribution in [1.29, 1.82) is 0 Å². The van der Waals surface area contributed by atoms with Crippen molar-refractivity contribution >= 4 is 11.8 Å². The number of ether oxygens (including phenoxy) is 1. The molecule has 0 radical (unpaired) electrons. The first kappa shape index (κ1) is 18.8. The van der Waals surface area contributed by atoms with Crippen molar-refractivity contribution in [2.75, 3.05) is 30.9 Å². The summed E-state index contributed by atoms with van der Waals surface area (Å²) in [7, 11) is 1.68. The highest BCUT2D eigenvalue weighted by atomic mass is 19.1. The van der Waals surface area contributed by atoms with E-state index in [1.807, 2.05) is 42.5 Å². The van der Waals surface area contributed by atoms with Gasteiger partial charge in [0.05, 0.1) is 5.69 Å². The second kappa shape index (κ2) is 9.64. The zero-order chi connectivity index (χ0) is 18.9. The minimum atomic E-state index is -0.248. The first-order chi connectivity index (χ1) is 13.3. The molecule has 0 atom stereocenters. The van der Waals surface area contributed by atoms with Gasteiger partial charge in [-0.15, -0.1) is 0 Å². The van der Waals surface area contributed by atoms with E-state index in [2.05, 4.69) is 20.6 Å². The zero-order valence-electron chi connectivity index (χ0n) is 15.3. The van der Waals surface area contributed by atoms with E-state index in [0.717, 1.165) is 30.0 Å². The molecule has 140 valence electrons. The average Bonchev–Trinajstić information content (AvgIpc) is 2.71. The van der Waals surface area contributed by atoms with Gasteiger partial charge in [-0.25, -0.2) is 9.37 Å². The summed E-state index contributed by atoms with van der Waals surface area (Å²) in [5.41, 5.74) is 2.37. The van der Waals surface area contributed by atoms with Crippen LogP contribution in [0.3, 0.4) is 0 Å². The minimum Gasteiger partial charge on any atom is -0.385 e. The second-order valence-corrected chi connectivity index (χ2v) is 6.05. The smallest absolute Gasteiger partial charge is 0.225 e. The Balaban J connectivity index is 1.79. The Labute approximate surface area is 158 Å². The molecule has 0 saturated carbocycles. The molecule has 0 saturated heterocycles. The van der Waals surface area contributed by atoms with E-state index in [-0.39, 0.29) is 5.82 Å². The third-order valence-corrected chi connectivity index (χ3v) is 4.02. The molecule has 0 fully saturated rings. The molecule has 0 spiro atoms. The highest BCUT2D eigenvalue weighted by Gasteiger charge is 2.08. The molecule has 1 aromatic heterocycles. The molecule has 0 aliphatic heterocycles. The third kappa shape index (κ3) is 5.49. The van der Waals surface area contributed by atoms with E-state index < -0.39 is 0 Å². The number of nitrogens with zero attached hydrogens (tertiary/aromatic N) is 2. The van der Waals surface area contributed by atoms with Gasteiger partial charge in [0.2, 0.25) is 5.95 Å². The van der Waals surface area contributed by atoms with Crippen LogP contribution in [0, 0.1) is 5.82 Å². The van der Waals surface area contributed by atoms with E-state index >= 15 is 0 Å². The van der Waals surface area contributed by atoms with Crippen LogP contribution in [0.25, 0.3) is 11.3 Å². The van der Waals surface area contributed by atoms with E-state index in [4.69, 9.17) is 4.74 Å². The molecule has 1 heterocycles. The zero-order valence-corrected chi connectivity index (χ0v) is 15.3. The summed E-state index contributed by atoms with van der Waals surface area (Å²) in [6.07, 6.45) is 0.874. The fourth-order valence-corrected chi connectivity index (χ4v) is 2.62. The van der Waals surface area contributed by atoms with E-state index in [1.54, 1.807) is 19.2 Å². The number of anilines is 2. The minimum absolute atomic E-state index is 0.248. The Morgan fingerprint density at radius 3 is 2.52 bits per heavy atom. The Kier molecular flexibility index (Phi) is 6.71. The number of hydrogen-bond donors (Lipinski definition) is 2. The topological polar surface area (TPSA) is 59.1 Å². The van der Waals surface area contributed by atoms with Crippen molar-refractivity contribution in [3.63, 3.8) is 0 Å². The van der Waals surface area contributed by atoms with Crippen LogP contribution in [0.4, 0.5) is 16.2 Å². The van der Waals surface area contributed by atoms with Gasteiger partial charge in [-0.1, -0.05) is 48.5 Å². The summed E-state index contributed by atoms with van der Waals surface area (Å²) in [6, 6.07) is 18.5. The van der Waals surface area contributed by atoms with Crippen molar-refractivity contribution < 1.29 is 9.13 Å². The van der Waals surface area contributed by atoms with E-state index in [1.165, 1.54) is 6.07 Å². The number of hydrogen-bond acceptors (Lipinski definition) is 5. The van der Waals surface area contributed by atoms with Crippen molar-refractivity contribution in [3.8, 4) is 11.3 Å². The molecule has 2 aromatic carbocycles.